The normalized spacial score (nSPS) is 11.9. The van der Waals surface area contributed by atoms with E-state index in [0.29, 0.717) is 17.5 Å². The number of ether oxygens (including phenoxy) is 1. The number of nitrogens with one attached hydrogen (secondary N) is 1. The SMILES string of the molecule is CCCOC(=O)C(Cc1ccc(O)c(O)c1)NC(=O)C=Cc1ccc(O)c(O)c1. The molecule has 0 bridgehead atoms. The Hall–Kier alpha value is -3.68. The molecule has 0 aliphatic carbocycles. The minimum atomic E-state index is -1.00. The smallest absolute Gasteiger partial charge is 0.328 e. The monoisotopic (exact) mass is 401 g/mol. The molecular formula is C21H23NO7. The molecule has 8 heteroatoms. The van der Waals surface area contributed by atoms with Crippen molar-refractivity contribution in [1.82, 2.24) is 5.32 Å². The molecule has 1 unspecified atom stereocenters. The van der Waals surface area contributed by atoms with E-state index in [1.807, 2.05) is 6.92 Å². The quantitative estimate of drug-likeness (QED) is 0.260. The van der Waals surface area contributed by atoms with Crippen LogP contribution in [0.4, 0.5) is 0 Å². The standard InChI is InChI=1S/C21H23NO7/c1-2-9-29-21(28)15(10-14-4-7-17(24)19(26)12-14)22-20(27)8-5-13-3-6-16(23)18(25)11-13/h3-8,11-12,15,23-26H,2,9-10H2,1H3,(H,22,27). The number of amides is 1. The highest BCUT2D eigenvalue weighted by Gasteiger charge is 2.22. The van der Waals surface area contributed by atoms with E-state index in [0.717, 1.165) is 0 Å². The number of phenols is 4. The topological polar surface area (TPSA) is 136 Å². The molecule has 1 atom stereocenters. The predicted molar refractivity (Wildman–Crippen MR) is 105 cm³/mol. The lowest BCUT2D eigenvalue weighted by Crippen LogP contribution is -2.42. The van der Waals surface area contributed by atoms with Gasteiger partial charge in [-0.15, -0.1) is 0 Å². The number of carbonyl (C=O) groups excluding carboxylic acids is 2. The fourth-order valence-corrected chi connectivity index (χ4v) is 2.46. The van der Waals surface area contributed by atoms with Gasteiger partial charge in [-0.3, -0.25) is 4.79 Å². The molecule has 2 aromatic carbocycles. The summed E-state index contributed by atoms with van der Waals surface area (Å²) in [5, 5.41) is 40.4. The summed E-state index contributed by atoms with van der Waals surface area (Å²) in [6.07, 6.45) is 3.27. The van der Waals surface area contributed by atoms with Gasteiger partial charge in [0.25, 0.3) is 0 Å². The summed E-state index contributed by atoms with van der Waals surface area (Å²) in [6, 6.07) is 7.19. The van der Waals surface area contributed by atoms with Crippen LogP contribution in [0.2, 0.25) is 0 Å². The van der Waals surface area contributed by atoms with Crippen LogP contribution in [-0.2, 0) is 20.7 Å². The van der Waals surface area contributed by atoms with Crippen LogP contribution in [0.5, 0.6) is 23.0 Å². The third-order valence-corrected chi connectivity index (χ3v) is 3.96. The number of rotatable bonds is 8. The summed E-state index contributed by atoms with van der Waals surface area (Å²) < 4.78 is 5.12. The minimum Gasteiger partial charge on any atom is -0.504 e. The average molecular weight is 401 g/mol. The maximum Gasteiger partial charge on any atom is 0.328 e. The van der Waals surface area contributed by atoms with Crippen LogP contribution < -0.4 is 5.32 Å². The summed E-state index contributed by atoms with van der Waals surface area (Å²) in [7, 11) is 0. The first-order valence-electron chi connectivity index (χ1n) is 8.98. The predicted octanol–water partition coefficient (Wildman–Crippen LogP) is 2.20. The molecule has 2 aromatic rings. The molecule has 0 aliphatic heterocycles. The second-order valence-electron chi connectivity index (χ2n) is 6.34. The summed E-state index contributed by atoms with van der Waals surface area (Å²) in [5.74, 6) is -2.41. The lowest BCUT2D eigenvalue weighted by molar-refractivity contribution is -0.147. The second kappa shape index (κ2) is 10.0. The Morgan fingerprint density at radius 2 is 1.66 bits per heavy atom. The molecule has 0 radical (unpaired) electrons. The van der Waals surface area contributed by atoms with Crippen LogP contribution in [0, 0.1) is 0 Å². The first-order chi connectivity index (χ1) is 13.8. The number of aromatic hydroxyl groups is 4. The molecule has 0 aromatic heterocycles. The summed E-state index contributed by atoms with van der Waals surface area (Å²) >= 11 is 0. The maximum atomic E-state index is 12.3. The summed E-state index contributed by atoms with van der Waals surface area (Å²) in [5.41, 5.74) is 0.996. The highest BCUT2D eigenvalue weighted by molar-refractivity contribution is 5.94. The van der Waals surface area contributed by atoms with Crippen LogP contribution >= 0.6 is 0 Å². The van der Waals surface area contributed by atoms with E-state index in [1.165, 1.54) is 48.6 Å². The van der Waals surface area contributed by atoms with Crippen molar-refractivity contribution in [3.8, 4) is 23.0 Å². The Morgan fingerprint density at radius 1 is 1.00 bits per heavy atom. The average Bonchev–Trinajstić information content (AvgIpc) is 2.69. The number of hydrogen-bond donors (Lipinski definition) is 5. The van der Waals surface area contributed by atoms with E-state index in [1.54, 1.807) is 0 Å². The minimum absolute atomic E-state index is 0.0516. The van der Waals surface area contributed by atoms with Crippen molar-refractivity contribution < 1.29 is 34.8 Å². The van der Waals surface area contributed by atoms with Gasteiger partial charge in [0.15, 0.2) is 23.0 Å². The molecular weight excluding hydrogens is 378 g/mol. The number of carbonyl (C=O) groups is 2. The first-order valence-corrected chi connectivity index (χ1v) is 8.98. The lowest BCUT2D eigenvalue weighted by atomic mass is 10.0. The van der Waals surface area contributed by atoms with Crippen LogP contribution in [0.15, 0.2) is 42.5 Å². The Labute approximate surface area is 167 Å². The van der Waals surface area contributed by atoms with Crippen LogP contribution in [-0.4, -0.2) is 45.0 Å². The highest BCUT2D eigenvalue weighted by atomic mass is 16.5. The molecule has 154 valence electrons. The largest absolute Gasteiger partial charge is 0.504 e. The van der Waals surface area contributed by atoms with E-state index in [9.17, 15) is 30.0 Å². The molecule has 0 fully saturated rings. The number of esters is 1. The van der Waals surface area contributed by atoms with Crippen molar-refractivity contribution in [2.24, 2.45) is 0 Å². The van der Waals surface area contributed by atoms with Crippen molar-refractivity contribution >= 4 is 18.0 Å². The van der Waals surface area contributed by atoms with Gasteiger partial charge in [0.2, 0.25) is 5.91 Å². The van der Waals surface area contributed by atoms with E-state index in [-0.39, 0.29) is 36.0 Å². The van der Waals surface area contributed by atoms with Gasteiger partial charge in [-0.1, -0.05) is 19.1 Å². The Morgan fingerprint density at radius 3 is 2.28 bits per heavy atom. The number of phenolic OH excluding ortho intramolecular Hbond substituents is 4. The lowest BCUT2D eigenvalue weighted by Gasteiger charge is -2.17. The van der Waals surface area contributed by atoms with Gasteiger partial charge >= 0.3 is 5.97 Å². The van der Waals surface area contributed by atoms with E-state index in [4.69, 9.17) is 4.74 Å². The van der Waals surface area contributed by atoms with Gasteiger partial charge < -0.3 is 30.5 Å². The van der Waals surface area contributed by atoms with Crippen molar-refractivity contribution in [1.29, 1.82) is 0 Å². The highest BCUT2D eigenvalue weighted by Crippen LogP contribution is 2.26. The first kappa shape index (κ1) is 21.6. The maximum absolute atomic E-state index is 12.3. The molecule has 1 amide bonds. The Bertz CT molecular complexity index is 908. The van der Waals surface area contributed by atoms with Gasteiger partial charge in [-0.05, 0) is 47.9 Å². The number of hydrogen-bond acceptors (Lipinski definition) is 7. The summed E-state index contributed by atoms with van der Waals surface area (Å²) in [6.45, 7) is 2.04. The molecule has 5 N–H and O–H groups in total. The van der Waals surface area contributed by atoms with Gasteiger partial charge in [0.1, 0.15) is 6.04 Å². The summed E-state index contributed by atoms with van der Waals surface area (Å²) in [4.78, 5) is 24.6. The van der Waals surface area contributed by atoms with Crippen molar-refractivity contribution in [2.45, 2.75) is 25.8 Å². The molecule has 29 heavy (non-hydrogen) atoms. The Balaban J connectivity index is 2.11. The third-order valence-electron chi connectivity index (χ3n) is 3.96. The zero-order chi connectivity index (χ0) is 21.4. The second-order valence-corrected chi connectivity index (χ2v) is 6.34. The van der Waals surface area contributed by atoms with Gasteiger partial charge in [-0.25, -0.2) is 4.79 Å². The molecule has 0 aliphatic rings. The van der Waals surface area contributed by atoms with Crippen molar-refractivity contribution in [2.75, 3.05) is 6.61 Å². The van der Waals surface area contributed by atoms with Gasteiger partial charge in [-0.2, -0.15) is 0 Å². The van der Waals surface area contributed by atoms with Gasteiger partial charge in [0.05, 0.1) is 6.61 Å². The van der Waals surface area contributed by atoms with Crippen molar-refractivity contribution in [3.63, 3.8) is 0 Å². The number of benzene rings is 2. The molecule has 8 nitrogen and oxygen atoms in total. The molecule has 0 heterocycles. The molecule has 2 rings (SSSR count). The van der Waals surface area contributed by atoms with E-state index in [2.05, 4.69) is 5.32 Å². The fraction of sp³-hybridized carbons (Fsp3) is 0.238. The van der Waals surface area contributed by atoms with Gasteiger partial charge in [0, 0.05) is 12.5 Å². The fourth-order valence-electron chi connectivity index (χ4n) is 2.46. The van der Waals surface area contributed by atoms with Crippen LogP contribution in [0.25, 0.3) is 6.08 Å². The molecule has 0 spiro atoms. The third kappa shape index (κ3) is 6.46. The van der Waals surface area contributed by atoms with Crippen LogP contribution in [0.1, 0.15) is 24.5 Å². The zero-order valence-corrected chi connectivity index (χ0v) is 15.8. The zero-order valence-electron chi connectivity index (χ0n) is 15.8. The van der Waals surface area contributed by atoms with E-state index >= 15 is 0 Å². The van der Waals surface area contributed by atoms with E-state index < -0.39 is 17.9 Å². The van der Waals surface area contributed by atoms with Crippen LogP contribution in [0.3, 0.4) is 0 Å². The van der Waals surface area contributed by atoms with Crippen molar-refractivity contribution in [3.05, 3.63) is 53.6 Å². The Kier molecular flexibility index (Phi) is 7.47. The molecule has 0 saturated heterocycles. The molecule has 0 saturated carbocycles.